The first-order valence-electron chi connectivity index (χ1n) is 8.14. The minimum atomic E-state index is -0.229. The molecule has 1 amide bonds. The Balaban J connectivity index is 1.77. The maximum Gasteiger partial charge on any atom is 0.223 e. The van der Waals surface area contributed by atoms with Gasteiger partial charge in [-0.1, -0.05) is 13.8 Å². The number of halogens is 1. The van der Waals surface area contributed by atoms with Gasteiger partial charge >= 0.3 is 0 Å². The number of benzene rings is 1. The van der Waals surface area contributed by atoms with Crippen molar-refractivity contribution in [1.29, 1.82) is 0 Å². The Kier molecular flexibility index (Phi) is 3.94. The number of carbonyl (C=O) groups excluding carboxylic acids is 1. The van der Waals surface area contributed by atoms with Crippen LogP contribution < -0.4 is 5.32 Å². The van der Waals surface area contributed by atoms with E-state index in [9.17, 15) is 9.18 Å². The minimum Gasteiger partial charge on any atom is -0.361 e. The summed E-state index contributed by atoms with van der Waals surface area (Å²) in [7, 11) is 0. The van der Waals surface area contributed by atoms with E-state index in [1.807, 2.05) is 12.3 Å². The molecule has 0 aliphatic heterocycles. The van der Waals surface area contributed by atoms with Gasteiger partial charge in [0.1, 0.15) is 5.82 Å². The largest absolute Gasteiger partial charge is 0.361 e. The fraction of sp³-hybridized carbons (Fsp3) is 0.500. The zero-order chi connectivity index (χ0) is 15.7. The van der Waals surface area contributed by atoms with Gasteiger partial charge in [-0.05, 0) is 49.4 Å². The maximum atomic E-state index is 13.3. The van der Waals surface area contributed by atoms with Gasteiger partial charge in [0.05, 0.1) is 0 Å². The second-order valence-corrected chi connectivity index (χ2v) is 6.40. The van der Waals surface area contributed by atoms with Gasteiger partial charge in [0, 0.05) is 35.0 Å². The molecule has 1 saturated carbocycles. The van der Waals surface area contributed by atoms with Gasteiger partial charge in [0.15, 0.2) is 0 Å². The first-order valence-corrected chi connectivity index (χ1v) is 8.14. The summed E-state index contributed by atoms with van der Waals surface area (Å²) in [6.45, 7) is 4.77. The van der Waals surface area contributed by atoms with Crippen molar-refractivity contribution in [2.24, 2.45) is 5.92 Å². The molecular weight excluding hydrogens is 279 g/mol. The van der Waals surface area contributed by atoms with Crippen LogP contribution in [0.3, 0.4) is 0 Å². The molecule has 1 aromatic heterocycles. The molecule has 2 N–H and O–H groups in total. The van der Waals surface area contributed by atoms with Gasteiger partial charge in [-0.25, -0.2) is 4.39 Å². The van der Waals surface area contributed by atoms with E-state index in [-0.39, 0.29) is 23.1 Å². The van der Waals surface area contributed by atoms with Crippen molar-refractivity contribution in [1.82, 2.24) is 10.3 Å². The number of aromatic amines is 1. The van der Waals surface area contributed by atoms with E-state index in [2.05, 4.69) is 24.1 Å². The molecular formula is C18H23FN2O. The van der Waals surface area contributed by atoms with Crippen molar-refractivity contribution in [3.05, 3.63) is 35.8 Å². The second kappa shape index (κ2) is 5.75. The highest BCUT2D eigenvalue weighted by atomic mass is 19.1. The summed E-state index contributed by atoms with van der Waals surface area (Å²) in [6.07, 6.45) is 5.87. The van der Waals surface area contributed by atoms with Crippen molar-refractivity contribution in [3.63, 3.8) is 0 Å². The van der Waals surface area contributed by atoms with Gasteiger partial charge in [-0.3, -0.25) is 4.79 Å². The van der Waals surface area contributed by atoms with Crippen LogP contribution in [0.5, 0.6) is 0 Å². The van der Waals surface area contributed by atoms with Gasteiger partial charge in [-0.15, -0.1) is 0 Å². The van der Waals surface area contributed by atoms with E-state index < -0.39 is 0 Å². The lowest BCUT2D eigenvalue weighted by Crippen LogP contribution is -2.36. The van der Waals surface area contributed by atoms with Gasteiger partial charge in [0.2, 0.25) is 5.91 Å². The Morgan fingerprint density at radius 1 is 1.36 bits per heavy atom. The van der Waals surface area contributed by atoms with Crippen LogP contribution in [-0.2, 0) is 10.2 Å². The molecule has 0 atom stereocenters. The quantitative estimate of drug-likeness (QED) is 0.835. The molecule has 0 saturated heterocycles. The third-order valence-electron chi connectivity index (χ3n) is 5.03. The molecule has 0 bridgehead atoms. The van der Waals surface area contributed by atoms with Gasteiger partial charge in [-0.2, -0.15) is 0 Å². The van der Waals surface area contributed by atoms with Crippen LogP contribution in [0.4, 0.5) is 4.39 Å². The van der Waals surface area contributed by atoms with Crippen molar-refractivity contribution < 1.29 is 9.18 Å². The smallest absolute Gasteiger partial charge is 0.223 e. The molecule has 3 nitrogen and oxygen atoms in total. The molecule has 1 aliphatic carbocycles. The third kappa shape index (κ3) is 2.62. The first-order chi connectivity index (χ1) is 10.6. The summed E-state index contributed by atoms with van der Waals surface area (Å²) in [5.74, 6) is 0.0304. The molecule has 3 rings (SSSR count). The number of H-pyrrole nitrogens is 1. The zero-order valence-corrected chi connectivity index (χ0v) is 13.2. The summed E-state index contributed by atoms with van der Waals surface area (Å²) in [5.41, 5.74) is 2.05. The van der Waals surface area contributed by atoms with E-state index in [1.165, 1.54) is 17.7 Å². The Hall–Kier alpha value is -1.84. The normalized spacial score (nSPS) is 16.2. The van der Waals surface area contributed by atoms with Crippen molar-refractivity contribution >= 4 is 16.8 Å². The monoisotopic (exact) mass is 302 g/mol. The Labute approximate surface area is 130 Å². The molecule has 0 radical (unpaired) electrons. The highest BCUT2D eigenvalue weighted by Gasteiger charge is 2.46. The summed E-state index contributed by atoms with van der Waals surface area (Å²) in [5, 5.41) is 4.19. The third-order valence-corrected chi connectivity index (χ3v) is 5.03. The number of fused-ring (bicyclic) bond motifs is 1. The highest BCUT2D eigenvalue weighted by molar-refractivity contribution is 5.85. The Bertz CT molecular complexity index is 683. The number of aromatic nitrogens is 1. The number of rotatable bonds is 6. The van der Waals surface area contributed by atoms with E-state index >= 15 is 0 Å². The van der Waals surface area contributed by atoms with Gasteiger partial charge in [0.25, 0.3) is 0 Å². The molecule has 0 spiro atoms. The van der Waals surface area contributed by atoms with Crippen molar-refractivity contribution in [2.75, 3.05) is 6.54 Å². The van der Waals surface area contributed by atoms with E-state index in [0.717, 1.165) is 36.6 Å². The van der Waals surface area contributed by atoms with Crippen LogP contribution in [0.2, 0.25) is 0 Å². The molecule has 1 heterocycles. The Morgan fingerprint density at radius 2 is 2.09 bits per heavy atom. The Morgan fingerprint density at radius 3 is 2.73 bits per heavy atom. The summed E-state index contributed by atoms with van der Waals surface area (Å²) < 4.78 is 13.3. The standard InChI is InChI=1S/C18H23FN2O/c1-3-12(4-2)17(22)21-11-18(7-8-18)15-10-20-16-9-13(19)5-6-14(15)16/h5-6,9-10,12,20H,3-4,7-8,11H2,1-2H3,(H,21,22). The summed E-state index contributed by atoms with van der Waals surface area (Å²) in [4.78, 5) is 15.3. The molecule has 22 heavy (non-hydrogen) atoms. The molecule has 4 heteroatoms. The molecule has 1 fully saturated rings. The molecule has 118 valence electrons. The average Bonchev–Trinajstić information content (AvgIpc) is 3.18. The molecule has 0 unspecified atom stereocenters. The van der Waals surface area contributed by atoms with E-state index in [4.69, 9.17) is 0 Å². The highest BCUT2D eigenvalue weighted by Crippen LogP contribution is 2.50. The number of amides is 1. The number of carbonyl (C=O) groups is 1. The van der Waals surface area contributed by atoms with E-state index in [0.29, 0.717) is 6.54 Å². The summed E-state index contributed by atoms with van der Waals surface area (Å²) >= 11 is 0. The van der Waals surface area contributed by atoms with Crippen LogP contribution in [0.25, 0.3) is 10.9 Å². The molecule has 2 aromatic rings. The predicted octanol–water partition coefficient (Wildman–Crippen LogP) is 3.89. The van der Waals surface area contributed by atoms with Crippen LogP contribution in [0.1, 0.15) is 45.1 Å². The molecule has 1 aliphatic rings. The van der Waals surface area contributed by atoms with Crippen molar-refractivity contribution in [3.8, 4) is 0 Å². The topological polar surface area (TPSA) is 44.9 Å². The van der Waals surface area contributed by atoms with Crippen LogP contribution in [-0.4, -0.2) is 17.4 Å². The van der Waals surface area contributed by atoms with Crippen LogP contribution in [0.15, 0.2) is 24.4 Å². The number of nitrogens with one attached hydrogen (secondary N) is 2. The van der Waals surface area contributed by atoms with E-state index in [1.54, 1.807) is 0 Å². The predicted molar refractivity (Wildman–Crippen MR) is 86.3 cm³/mol. The van der Waals surface area contributed by atoms with Crippen molar-refractivity contribution in [2.45, 2.75) is 44.9 Å². The van der Waals surface area contributed by atoms with Crippen LogP contribution >= 0.6 is 0 Å². The summed E-state index contributed by atoms with van der Waals surface area (Å²) in [6, 6.07) is 4.86. The average molecular weight is 302 g/mol. The van der Waals surface area contributed by atoms with Crippen LogP contribution in [0, 0.1) is 11.7 Å². The number of hydrogen-bond acceptors (Lipinski definition) is 1. The second-order valence-electron chi connectivity index (χ2n) is 6.40. The minimum absolute atomic E-state index is 0.0256. The lowest BCUT2D eigenvalue weighted by atomic mass is 9.94. The fourth-order valence-electron chi connectivity index (χ4n) is 3.29. The lowest BCUT2D eigenvalue weighted by molar-refractivity contribution is -0.125. The maximum absolute atomic E-state index is 13.3. The fourth-order valence-corrected chi connectivity index (χ4v) is 3.29. The number of hydrogen-bond donors (Lipinski definition) is 2. The first kappa shape index (κ1) is 15.1. The van der Waals surface area contributed by atoms with Gasteiger partial charge < -0.3 is 10.3 Å². The zero-order valence-electron chi connectivity index (χ0n) is 13.2. The lowest BCUT2D eigenvalue weighted by Gasteiger charge is -2.18. The molecule has 1 aromatic carbocycles. The SMILES string of the molecule is CCC(CC)C(=O)NCC1(c2c[nH]c3cc(F)ccc23)CC1.